The fourth-order valence-corrected chi connectivity index (χ4v) is 3.01. The van der Waals surface area contributed by atoms with Crippen LogP contribution in [0.1, 0.15) is 31.2 Å². The zero-order valence-corrected chi connectivity index (χ0v) is 12.9. The first-order valence-corrected chi connectivity index (χ1v) is 8.02. The molecule has 120 valence electrons. The molecule has 0 spiro atoms. The maximum absolute atomic E-state index is 12.3. The molecule has 6 nitrogen and oxygen atoms in total. The van der Waals surface area contributed by atoms with E-state index in [1.807, 2.05) is 12.3 Å². The lowest BCUT2D eigenvalue weighted by Crippen LogP contribution is -2.56. The average molecular weight is 304 g/mol. The van der Waals surface area contributed by atoms with Crippen molar-refractivity contribution in [2.24, 2.45) is 5.73 Å². The summed E-state index contributed by atoms with van der Waals surface area (Å²) in [5, 5.41) is 2.96. The molecular weight excluding hydrogens is 280 g/mol. The lowest BCUT2D eigenvalue weighted by Gasteiger charge is -2.31. The summed E-state index contributed by atoms with van der Waals surface area (Å²) >= 11 is 0. The first kappa shape index (κ1) is 15.2. The molecule has 2 aliphatic rings. The Balaban J connectivity index is 1.59. The lowest BCUT2D eigenvalue weighted by atomic mass is 9.90. The fraction of sp³-hybridized carbons (Fsp3) is 0.625. The number of pyridine rings is 1. The van der Waals surface area contributed by atoms with Crippen LogP contribution in [0.25, 0.3) is 0 Å². The summed E-state index contributed by atoms with van der Waals surface area (Å²) in [7, 11) is 0. The van der Waals surface area contributed by atoms with E-state index >= 15 is 0 Å². The van der Waals surface area contributed by atoms with E-state index in [1.165, 1.54) is 12.8 Å². The molecule has 0 unspecified atom stereocenters. The summed E-state index contributed by atoms with van der Waals surface area (Å²) in [6.45, 7) is 3.72. The van der Waals surface area contributed by atoms with Crippen LogP contribution in [0.2, 0.25) is 0 Å². The van der Waals surface area contributed by atoms with Gasteiger partial charge in [0, 0.05) is 39.0 Å². The number of anilines is 1. The van der Waals surface area contributed by atoms with Gasteiger partial charge in [-0.3, -0.25) is 4.79 Å². The van der Waals surface area contributed by atoms with Gasteiger partial charge in [-0.15, -0.1) is 0 Å². The van der Waals surface area contributed by atoms with Crippen LogP contribution >= 0.6 is 0 Å². The standard InChI is InChI=1S/C16H24N4O2/c17-16(4-9-22-10-5-16)15(21)19-12-13-3-6-18-14(11-13)20-7-1-2-8-20/h3,6,11H,1-2,4-5,7-10,12,17H2,(H,19,21). The number of ether oxygens (including phenoxy) is 1. The minimum Gasteiger partial charge on any atom is -0.381 e. The van der Waals surface area contributed by atoms with E-state index in [0.29, 0.717) is 32.6 Å². The molecule has 0 aliphatic carbocycles. The first-order chi connectivity index (χ1) is 10.7. The minimum atomic E-state index is -0.789. The number of nitrogens with two attached hydrogens (primary N) is 1. The molecule has 1 aromatic rings. The number of nitrogens with one attached hydrogen (secondary N) is 1. The second kappa shape index (κ2) is 6.62. The summed E-state index contributed by atoms with van der Waals surface area (Å²) in [6.07, 6.45) is 5.41. The van der Waals surface area contributed by atoms with Gasteiger partial charge in [0.15, 0.2) is 0 Å². The molecule has 0 bridgehead atoms. The fourth-order valence-electron chi connectivity index (χ4n) is 3.01. The highest BCUT2D eigenvalue weighted by molar-refractivity contribution is 5.86. The Morgan fingerprint density at radius 3 is 2.82 bits per heavy atom. The number of nitrogens with zero attached hydrogens (tertiary/aromatic N) is 2. The zero-order chi connectivity index (χ0) is 15.4. The Kier molecular flexibility index (Phi) is 4.59. The number of carbonyl (C=O) groups excluding carboxylic acids is 1. The van der Waals surface area contributed by atoms with E-state index in [4.69, 9.17) is 10.5 Å². The third-order valence-electron chi connectivity index (χ3n) is 4.53. The van der Waals surface area contributed by atoms with Gasteiger partial charge >= 0.3 is 0 Å². The van der Waals surface area contributed by atoms with Gasteiger partial charge in [0.25, 0.3) is 0 Å². The number of amides is 1. The van der Waals surface area contributed by atoms with Crippen molar-refractivity contribution in [3.63, 3.8) is 0 Å². The molecule has 22 heavy (non-hydrogen) atoms. The Hall–Kier alpha value is -1.66. The normalized spacial score (nSPS) is 20.9. The van der Waals surface area contributed by atoms with Crippen LogP contribution in [0.15, 0.2) is 18.3 Å². The molecule has 0 radical (unpaired) electrons. The molecule has 3 rings (SSSR count). The Morgan fingerprint density at radius 1 is 1.36 bits per heavy atom. The molecule has 3 heterocycles. The average Bonchev–Trinajstić information content (AvgIpc) is 3.08. The number of carbonyl (C=O) groups is 1. The van der Waals surface area contributed by atoms with Crippen molar-refractivity contribution in [1.29, 1.82) is 0 Å². The molecule has 0 aromatic carbocycles. The highest BCUT2D eigenvalue weighted by Gasteiger charge is 2.35. The third-order valence-corrected chi connectivity index (χ3v) is 4.53. The van der Waals surface area contributed by atoms with Gasteiger partial charge in [-0.05, 0) is 43.4 Å². The van der Waals surface area contributed by atoms with Crippen molar-refractivity contribution < 1.29 is 9.53 Å². The highest BCUT2D eigenvalue weighted by atomic mass is 16.5. The first-order valence-electron chi connectivity index (χ1n) is 8.02. The second-order valence-corrected chi connectivity index (χ2v) is 6.17. The molecule has 6 heteroatoms. The van der Waals surface area contributed by atoms with Gasteiger partial charge < -0.3 is 20.7 Å². The summed E-state index contributed by atoms with van der Waals surface area (Å²) in [4.78, 5) is 19.0. The molecular formula is C16H24N4O2. The minimum absolute atomic E-state index is 0.0877. The largest absolute Gasteiger partial charge is 0.381 e. The Labute approximate surface area is 131 Å². The van der Waals surface area contributed by atoms with Gasteiger partial charge in [0.2, 0.25) is 5.91 Å². The van der Waals surface area contributed by atoms with Gasteiger partial charge in [-0.25, -0.2) is 4.98 Å². The molecule has 0 saturated carbocycles. The second-order valence-electron chi connectivity index (χ2n) is 6.17. The molecule has 2 saturated heterocycles. The topological polar surface area (TPSA) is 80.5 Å². The molecule has 1 amide bonds. The smallest absolute Gasteiger partial charge is 0.240 e. The van der Waals surface area contributed by atoms with Gasteiger partial charge in [-0.2, -0.15) is 0 Å². The quantitative estimate of drug-likeness (QED) is 0.860. The number of aromatic nitrogens is 1. The molecule has 3 N–H and O–H groups in total. The van der Waals surface area contributed by atoms with Crippen molar-refractivity contribution in [2.45, 2.75) is 37.8 Å². The molecule has 2 fully saturated rings. The number of hydrogen-bond donors (Lipinski definition) is 2. The molecule has 1 aromatic heterocycles. The predicted molar refractivity (Wildman–Crippen MR) is 84.5 cm³/mol. The van der Waals surface area contributed by atoms with E-state index < -0.39 is 5.54 Å². The van der Waals surface area contributed by atoms with Crippen molar-refractivity contribution in [2.75, 3.05) is 31.2 Å². The zero-order valence-electron chi connectivity index (χ0n) is 12.9. The summed E-state index contributed by atoms with van der Waals surface area (Å²) in [6, 6.07) is 3.99. The molecule has 0 atom stereocenters. The Bertz CT molecular complexity index is 523. The van der Waals surface area contributed by atoms with Crippen molar-refractivity contribution >= 4 is 11.7 Å². The van der Waals surface area contributed by atoms with E-state index in [0.717, 1.165) is 24.5 Å². The highest BCUT2D eigenvalue weighted by Crippen LogP contribution is 2.20. The van der Waals surface area contributed by atoms with Crippen LogP contribution < -0.4 is 16.0 Å². The monoisotopic (exact) mass is 304 g/mol. The van der Waals surface area contributed by atoms with Crippen LogP contribution in [-0.4, -0.2) is 42.7 Å². The van der Waals surface area contributed by atoms with Crippen LogP contribution in [0, 0.1) is 0 Å². The summed E-state index contributed by atoms with van der Waals surface area (Å²) in [5.41, 5.74) is 6.45. The number of hydrogen-bond acceptors (Lipinski definition) is 5. The predicted octanol–water partition coefficient (Wildman–Crippen LogP) is 0.806. The van der Waals surface area contributed by atoms with Crippen LogP contribution in [0.5, 0.6) is 0 Å². The third kappa shape index (κ3) is 3.39. The van der Waals surface area contributed by atoms with Crippen LogP contribution in [-0.2, 0) is 16.1 Å². The van der Waals surface area contributed by atoms with E-state index in [1.54, 1.807) is 0 Å². The van der Waals surface area contributed by atoms with Gasteiger partial charge in [0.05, 0.1) is 5.54 Å². The van der Waals surface area contributed by atoms with Crippen LogP contribution in [0.3, 0.4) is 0 Å². The maximum atomic E-state index is 12.3. The summed E-state index contributed by atoms with van der Waals surface area (Å²) in [5.74, 6) is 0.910. The molecule has 2 aliphatic heterocycles. The van der Waals surface area contributed by atoms with E-state index in [9.17, 15) is 4.79 Å². The summed E-state index contributed by atoms with van der Waals surface area (Å²) < 4.78 is 5.28. The maximum Gasteiger partial charge on any atom is 0.240 e. The SMILES string of the molecule is NC1(C(=O)NCc2ccnc(N3CCCC3)c2)CCOCC1. The van der Waals surface area contributed by atoms with Crippen LogP contribution in [0.4, 0.5) is 5.82 Å². The van der Waals surface area contributed by atoms with Gasteiger partial charge in [-0.1, -0.05) is 0 Å². The lowest BCUT2D eigenvalue weighted by molar-refractivity contribution is -0.129. The van der Waals surface area contributed by atoms with Crippen molar-refractivity contribution in [1.82, 2.24) is 10.3 Å². The number of rotatable bonds is 4. The van der Waals surface area contributed by atoms with E-state index in [-0.39, 0.29) is 5.91 Å². The van der Waals surface area contributed by atoms with Gasteiger partial charge in [0.1, 0.15) is 5.82 Å². The van der Waals surface area contributed by atoms with Crippen molar-refractivity contribution in [3.05, 3.63) is 23.9 Å². The van der Waals surface area contributed by atoms with E-state index in [2.05, 4.69) is 21.3 Å². The Morgan fingerprint density at radius 2 is 2.09 bits per heavy atom. The van der Waals surface area contributed by atoms with Crippen molar-refractivity contribution in [3.8, 4) is 0 Å².